The summed E-state index contributed by atoms with van der Waals surface area (Å²) in [6.45, 7) is 8.41. The van der Waals surface area contributed by atoms with Crippen LogP contribution in [0, 0.1) is 0 Å². The van der Waals surface area contributed by atoms with E-state index >= 15 is 0 Å². The first-order valence-corrected chi connectivity index (χ1v) is 7.84. The molecule has 20 heavy (non-hydrogen) atoms. The third-order valence-corrected chi connectivity index (χ3v) is 4.66. The quantitative estimate of drug-likeness (QED) is 0.730. The minimum absolute atomic E-state index is 0.429. The molecule has 2 fully saturated rings. The van der Waals surface area contributed by atoms with Crippen molar-refractivity contribution < 1.29 is 9.90 Å². The van der Waals surface area contributed by atoms with Gasteiger partial charge in [0.2, 0.25) is 0 Å². The summed E-state index contributed by atoms with van der Waals surface area (Å²) >= 11 is 0. The van der Waals surface area contributed by atoms with E-state index in [-0.39, 0.29) is 0 Å². The molecule has 2 unspecified atom stereocenters. The van der Waals surface area contributed by atoms with E-state index in [1.807, 2.05) is 6.92 Å². The molecule has 0 aromatic heterocycles. The van der Waals surface area contributed by atoms with E-state index in [0.717, 1.165) is 45.4 Å². The van der Waals surface area contributed by atoms with Gasteiger partial charge in [0, 0.05) is 31.7 Å². The van der Waals surface area contributed by atoms with Crippen molar-refractivity contribution in [2.75, 3.05) is 33.2 Å². The van der Waals surface area contributed by atoms with Crippen LogP contribution in [-0.2, 0) is 4.79 Å². The Hall–Kier alpha value is -0.650. The lowest BCUT2D eigenvalue weighted by Gasteiger charge is -2.38. The van der Waals surface area contributed by atoms with E-state index in [0.29, 0.717) is 18.5 Å². The van der Waals surface area contributed by atoms with Gasteiger partial charge in [-0.25, -0.2) is 0 Å². The number of likely N-dealkylation sites (N-methyl/N-ethyl adjacent to an activating group) is 1. The van der Waals surface area contributed by atoms with Crippen LogP contribution in [0.5, 0.6) is 0 Å². The molecule has 0 bridgehead atoms. The van der Waals surface area contributed by atoms with Crippen molar-refractivity contribution in [1.82, 2.24) is 15.1 Å². The van der Waals surface area contributed by atoms with Gasteiger partial charge in [-0.05, 0) is 53.1 Å². The molecule has 5 nitrogen and oxygen atoms in total. The van der Waals surface area contributed by atoms with Crippen molar-refractivity contribution in [3.8, 4) is 0 Å². The van der Waals surface area contributed by atoms with Crippen molar-refractivity contribution in [2.45, 2.75) is 57.2 Å². The van der Waals surface area contributed by atoms with Crippen LogP contribution in [0.2, 0.25) is 0 Å². The van der Waals surface area contributed by atoms with Gasteiger partial charge >= 0.3 is 5.97 Å². The van der Waals surface area contributed by atoms with Gasteiger partial charge in [0.05, 0.1) is 0 Å². The minimum Gasteiger partial charge on any atom is -0.480 e. The maximum absolute atomic E-state index is 11.5. The van der Waals surface area contributed by atoms with E-state index < -0.39 is 11.5 Å². The summed E-state index contributed by atoms with van der Waals surface area (Å²) < 4.78 is 0. The van der Waals surface area contributed by atoms with Gasteiger partial charge in [0.15, 0.2) is 0 Å². The molecular weight excluding hydrogens is 254 g/mol. The smallest absolute Gasteiger partial charge is 0.323 e. The second-order valence-electron chi connectivity index (χ2n) is 6.81. The van der Waals surface area contributed by atoms with Crippen molar-refractivity contribution in [2.24, 2.45) is 0 Å². The normalized spacial score (nSPS) is 28.2. The fourth-order valence-electron chi connectivity index (χ4n) is 3.06. The topological polar surface area (TPSA) is 55.8 Å². The van der Waals surface area contributed by atoms with Gasteiger partial charge in [0.1, 0.15) is 5.54 Å². The summed E-state index contributed by atoms with van der Waals surface area (Å²) in [5, 5.41) is 12.7. The minimum atomic E-state index is -0.753. The van der Waals surface area contributed by atoms with Gasteiger partial charge < -0.3 is 10.0 Å². The molecule has 2 rings (SSSR count). The molecule has 0 amide bonds. The lowest BCUT2D eigenvalue weighted by molar-refractivity contribution is -0.144. The summed E-state index contributed by atoms with van der Waals surface area (Å²) in [6.07, 6.45) is 3.89. The Morgan fingerprint density at radius 1 is 1.40 bits per heavy atom. The monoisotopic (exact) mass is 283 g/mol. The van der Waals surface area contributed by atoms with E-state index in [1.54, 1.807) is 0 Å². The Morgan fingerprint density at radius 3 is 2.65 bits per heavy atom. The Bertz CT molecular complexity index is 346. The number of piperazine rings is 1. The maximum Gasteiger partial charge on any atom is 0.323 e. The molecule has 1 aliphatic heterocycles. The average Bonchev–Trinajstić information content (AvgIpc) is 3.15. The number of carboxylic acids is 1. The first-order valence-electron chi connectivity index (χ1n) is 7.84. The van der Waals surface area contributed by atoms with Crippen LogP contribution in [0.3, 0.4) is 0 Å². The molecule has 1 heterocycles. The van der Waals surface area contributed by atoms with E-state index in [2.05, 4.69) is 29.1 Å². The average molecular weight is 283 g/mol. The molecule has 0 aromatic rings. The largest absolute Gasteiger partial charge is 0.480 e. The van der Waals surface area contributed by atoms with Crippen LogP contribution in [0.15, 0.2) is 0 Å². The zero-order chi connectivity index (χ0) is 14.8. The third kappa shape index (κ3) is 4.17. The number of hydrogen-bond donors (Lipinski definition) is 2. The van der Waals surface area contributed by atoms with E-state index in [1.165, 1.54) is 0 Å². The summed E-state index contributed by atoms with van der Waals surface area (Å²) in [5.74, 6) is -0.712. The lowest BCUT2D eigenvalue weighted by atomic mass is 9.95. The van der Waals surface area contributed by atoms with Crippen molar-refractivity contribution in [3.63, 3.8) is 0 Å². The highest BCUT2D eigenvalue weighted by molar-refractivity contribution is 5.78. The number of rotatable bonds is 7. The first-order chi connectivity index (χ1) is 9.40. The molecule has 1 saturated carbocycles. The highest BCUT2D eigenvalue weighted by atomic mass is 16.4. The van der Waals surface area contributed by atoms with Crippen LogP contribution in [0.25, 0.3) is 0 Å². The summed E-state index contributed by atoms with van der Waals surface area (Å²) in [5.41, 5.74) is -0.753. The standard InChI is InChI=1S/C15H29N3O2/c1-12-11-17(3)9-10-18(12)8-4-7-15(2,14(19)20)16-13-5-6-13/h12-13,16H,4-11H2,1-3H3,(H,19,20). The Labute approximate surface area is 122 Å². The lowest BCUT2D eigenvalue weighted by Crippen LogP contribution is -2.52. The van der Waals surface area contributed by atoms with Crippen molar-refractivity contribution in [3.05, 3.63) is 0 Å². The zero-order valence-electron chi connectivity index (χ0n) is 13.1. The summed E-state index contributed by atoms with van der Waals surface area (Å²) in [4.78, 5) is 16.3. The van der Waals surface area contributed by atoms with Gasteiger partial charge in [0.25, 0.3) is 0 Å². The molecule has 2 aliphatic rings. The summed E-state index contributed by atoms with van der Waals surface area (Å²) in [7, 11) is 2.16. The van der Waals surface area contributed by atoms with Crippen molar-refractivity contribution >= 4 is 5.97 Å². The van der Waals surface area contributed by atoms with Crippen LogP contribution < -0.4 is 5.32 Å². The molecule has 2 atom stereocenters. The number of carboxylic acid groups (broad SMARTS) is 1. The number of carbonyl (C=O) groups is 1. The number of nitrogens with one attached hydrogen (secondary N) is 1. The van der Waals surface area contributed by atoms with Crippen LogP contribution >= 0.6 is 0 Å². The van der Waals surface area contributed by atoms with Crippen molar-refractivity contribution in [1.29, 1.82) is 0 Å². The molecule has 2 N–H and O–H groups in total. The van der Waals surface area contributed by atoms with Crippen LogP contribution in [-0.4, -0.2) is 71.7 Å². The van der Waals surface area contributed by atoms with Gasteiger partial charge in [-0.3, -0.25) is 15.0 Å². The number of nitrogens with zero attached hydrogens (tertiary/aromatic N) is 2. The molecule has 1 aliphatic carbocycles. The molecule has 0 aromatic carbocycles. The maximum atomic E-state index is 11.5. The second-order valence-corrected chi connectivity index (χ2v) is 6.81. The Kier molecular flexibility index (Phi) is 5.04. The molecule has 0 radical (unpaired) electrons. The third-order valence-electron chi connectivity index (χ3n) is 4.66. The molecule has 116 valence electrons. The second kappa shape index (κ2) is 6.41. The zero-order valence-corrected chi connectivity index (χ0v) is 13.1. The number of hydrogen-bond acceptors (Lipinski definition) is 4. The predicted octanol–water partition coefficient (Wildman–Crippen LogP) is 0.998. The molecule has 0 spiro atoms. The molecular formula is C15H29N3O2. The molecule has 5 heteroatoms. The van der Waals surface area contributed by atoms with E-state index in [9.17, 15) is 9.90 Å². The molecule has 1 saturated heterocycles. The fourth-order valence-corrected chi connectivity index (χ4v) is 3.06. The highest BCUT2D eigenvalue weighted by Crippen LogP contribution is 2.25. The van der Waals surface area contributed by atoms with Gasteiger partial charge in [-0.15, -0.1) is 0 Å². The predicted molar refractivity (Wildman–Crippen MR) is 80.0 cm³/mol. The Morgan fingerprint density at radius 2 is 2.10 bits per heavy atom. The number of aliphatic carboxylic acids is 1. The van der Waals surface area contributed by atoms with E-state index in [4.69, 9.17) is 0 Å². The van der Waals surface area contributed by atoms with Crippen LogP contribution in [0.1, 0.15) is 39.5 Å². The van der Waals surface area contributed by atoms with Gasteiger partial charge in [-0.1, -0.05) is 0 Å². The first kappa shape index (κ1) is 15.7. The highest BCUT2D eigenvalue weighted by Gasteiger charge is 2.38. The Balaban J connectivity index is 1.76. The summed E-state index contributed by atoms with van der Waals surface area (Å²) in [6, 6.07) is 1.000. The SMILES string of the molecule is CC1CN(C)CCN1CCCC(C)(NC1CC1)C(=O)O. The van der Waals surface area contributed by atoms with Gasteiger partial charge in [-0.2, -0.15) is 0 Å². The van der Waals surface area contributed by atoms with Crippen LogP contribution in [0.4, 0.5) is 0 Å². The fraction of sp³-hybridized carbons (Fsp3) is 0.933.